The second kappa shape index (κ2) is 6.96. The van der Waals surface area contributed by atoms with Gasteiger partial charge in [0.2, 0.25) is 5.91 Å². The topological polar surface area (TPSA) is 71.2 Å². The van der Waals surface area contributed by atoms with E-state index < -0.39 is 0 Å². The van der Waals surface area contributed by atoms with Gasteiger partial charge in [-0.3, -0.25) is 9.59 Å². The van der Waals surface area contributed by atoms with Crippen molar-refractivity contribution in [2.75, 3.05) is 13.2 Å². The molecule has 0 saturated carbocycles. The molecule has 5 nitrogen and oxygen atoms in total. The van der Waals surface area contributed by atoms with E-state index in [0.29, 0.717) is 24.9 Å². The second-order valence-corrected chi connectivity index (χ2v) is 6.15. The number of ether oxygens (including phenoxy) is 1. The van der Waals surface area contributed by atoms with E-state index >= 15 is 0 Å². The Kier molecular flexibility index (Phi) is 4.76. The van der Waals surface area contributed by atoms with E-state index in [1.54, 1.807) is 0 Å². The van der Waals surface area contributed by atoms with Crippen LogP contribution in [-0.2, 0) is 16.0 Å². The smallest absolute Gasteiger partial charge is 0.251 e. The third-order valence-corrected chi connectivity index (χ3v) is 4.25. The highest BCUT2D eigenvalue weighted by Crippen LogP contribution is 2.14. The number of hydrogen-bond donors (Lipinski definition) is 2. The number of amides is 1. The van der Waals surface area contributed by atoms with Crippen molar-refractivity contribution in [2.24, 2.45) is 0 Å². The number of carbonyl (C=O) groups excluding carboxylic acids is 1. The van der Waals surface area contributed by atoms with Gasteiger partial charge in [-0.1, -0.05) is 11.6 Å². The minimum absolute atomic E-state index is 0.0377. The highest BCUT2D eigenvalue weighted by molar-refractivity contribution is 5.80. The van der Waals surface area contributed by atoms with Crippen LogP contribution in [0.5, 0.6) is 0 Å². The molecular weight excluding hydrogens is 292 g/mol. The lowest BCUT2D eigenvalue weighted by atomic mass is 10.1. The van der Waals surface area contributed by atoms with Gasteiger partial charge < -0.3 is 15.0 Å². The van der Waals surface area contributed by atoms with Gasteiger partial charge in [0, 0.05) is 30.7 Å². The number of benzene rings is 1. The number of aromatic amines is 1. The molecule has 0 bridgehead atoms. The first-order valence-corrected chi connectivity index (χ1v) is 8.13. The van der Waals surface area contributed by atoms with Crippen LogP contribution in [0.25, 0.3) is 10.9 Å². The van der Waals surface area contributed by atoms with E-state index in [2.05, 4.69) is 10.3 Å². The Hall–Kier alpha value is -2.14. The molecule has 1 saturated heterocycles. The fourth-order valence-electron chi connectivity index (χ4n) is 2.93. The summed E-state index contributed by atoms with van der Waals surface area (Å²) in [6.07, 6.45) is 2.96. The summed E-state index contributed by atoms with van der Waals surface area (Å²) in [5, 5.41) is 3.88. The summed E-state index contributed by atoms with van der Waals surface area (Å²) in [6, 6.07) is 7.79. The molecule has 1 unspecified atom stereocenters. The van der Waals surface area contributed by atoms with Crippen molar-refractivity contribution in [3.05, 3.63) is 45.7 Å². The molecule has 122 valence electrons. The first-order valence-electron chi connectivity index (χ1n) is 8.13. The lowest BCUT2D eigenvalue weighted by Crippen LogP contribution is -2.32. The zero-order valence-electron chi connectivity index (χ0n) is 13.4. The van der Waals surface area contributed by atoms with E-state index in [-0.39, 0.29) is 17.6 Å². The highest BCUT2D eigenvalue weighted by atomic mass is 16.5. The van der Waals surface area contributed by atoms with Crippen LogP contribution in [0.2, 0.25) is 0 Å². The van der Waals surface area contributed by atoms with E-state index in [9.17, 15) is 9.59 Å². The molecular formula is C18H22N2O3. The van der Waals surface area contributed by atoms with Crippen molar-refractivity contribution in [3.8, 4) is 0 Å². The van der Waals surface area contributed by atoms with Crippen LogP contribution in [0.4, 0.5) is 0 Å². The molecule has 1 fully saturated rings. The number of carbonyl (C=O) groups is 1. The largest absolute Gasteiger partial charge is 0.376 e. The number of rotatable bonds is 5. The molecule has 23 heavy (non-hydrogen) atoms. The van der Waals surface area contributed by atoms with Crippen LogP contribution in [-0.4, -0.2) is 30.1 Å². The highest BCUT2D eigenvalue weighted by Gasteiger charge is 2.16. The Bertz CT molecular complexity index is 760. The number of hydrogen-bond acceptors (Lipinski definition) is 3. The summed E-state index contributed by atoms with van der Waals surface area (Å²) < 4.78 is 5.47. The Morgan fingerprint density at radius 1 is 1.39 bits per heavy atom. The monoisotopic (exact) mass is 314 g/mol. The van der Waals surface area contributed by atoms with Gasteiger partial charge in [-0.25, -0.2) is 0 Å². The fraction of sp³-hybridized carbons (Fsp3) is 0.444. The van der Waals surface area contributed by atoms with Crippen LogP contribution in [0, 0.1) is 6.92 Å². The van der Waals surface area contributed by atoms with Crippen molar-refractivity contribution < 1.29 is 9.53 Å². The molecule has 1 atom stereocenters. The van der Waals surface area contributed by atoms with Gasteiger partial charge in [0.1, 0.15) is 0 Å². The molecule has 2 N–H and O–H groups in total. The van der Waals surface area contributed by atoms with Gasteiger partial charge in [0.05, 0.1) is 6.10 Å². The van der Waals surface area contributed by atoms with Crippen molar-refractivity contribution in [2.45, 2.75) is 38.7 Å². The quantitative estimate of drug-likeness (QED) is 0.887. The van der Waals surface area contributed by atoms with Gasteiger partial charge >= 0.3 is 0 Å². The summed E-state index contributed by atoms with van der Waals surface area (Å²) in [4.78, 5) is 26.9. The van der Waals surface area contributed by atoms with Crippen molar-refractivity contribution in [3.63, 3.8) is 0 Å². The predicted molar refractivity (Wildman–Crippen MR) is 89.6 cm³/mol. The van der Waals surface area contributed by atoms with Crippen LogP contribution in [0.1, 0.15) is 30.4 Å². The Morgan fingerprint density at radius 3 is 3.04 bits per heavy atom. The number of aromatic nitrogens is 1. The van der Waals surface area contributed by atoms with Gasteiger partial charge in [0.15, 0.2) is 0 Å². The van der Waals surface area contributed by atoms with Crippen molar-refractivity contribution in [1.82, 2.24) is 10.3 Å². The molecule has 1 amide bonds. The van der Waals surface area contributed by atoms with Gasteiger partial charge in [-0.05, 0) is 49.8 Å². The van der Waals surface area contributed by atoms with Crippen LogP contribution in [0.15, 0.2) is 29.1 Å². The van der Waals surface area contributed by atoms with Gasteiger partial charge in [-0.15, -0.1) is 0 Å². The first-order chi connectivity index (χ1) is 11.1. The Morgan fingerprint density at radius 2 is 2.26 bits per heavy atom. The first kappa shape index (κ1) is 15.7. The predicted octanol–water partition coefficient (Wildman–Crippen LogP) is 2.06. The van der Waals surface area contributed by atoms with Gasteiger partial charge in [-0.2, -0.15) is 0 Å². The molecule has 1 aliphatic rings. The Labute approximate surface area is 135 Å². The Balaban J connectivity index is 1.60. The molecule has 2 heterocycles. The maximum atomic E-state index is 12.1. The minimum atomic E-state index is -0.117. The third-order valence-electron chi connectivity index (χ3n) is 4.25. The summed E-state index contributed by atoms with van der Waals surface area (Å²) >= 11 is 0. The summed E-state index contributed by atoms with van der Waals surface area (Å²) in [6.45, 7) is 3.36. The average Bonchev–Trinajstić information content (AvgIpc) is 3.04. The third kappa shape index (κ3) is 3.99. The molecule has 0 aliphatic carbocycles. The maximum absolute atomic E-state index is 12.1. The van der Waals surface area contributed by atoms with Crippen molar-refractivity contribution in [1.29, 1.82) is 0 Å². The van der Waals surface area contributed by atoms with Crippen molar-refractivity contribution >= 4 is 16.8 Å². The average molecular weight is 314 g/mol. The van der Waals surface area contributed by atoms with Gasteiger partial charge in [0.25, 0.3) is 5.56 Å². The lowest BCUT2D eigenvalue weighted by molar-refractivity contribution is -0.121. The molecule has 3 rings (SSSR count). The van der Waals surface area contributed by atoms with E-state index in [4.69, 9.17) is 4.74 Å². The summed E-state index contributed by atoms with van der Waals surface area (Å²) in [7, 11) is 0. The maximum Gasteiger partial charge on any atom is 0.251 e. The molecule has 0 radical (unpaired) electrons. The van der Waals surface area contributed by atoms with E-state index in [1.165, 1.54) is 0 Å². The molecule has 0 spiro atoms. The molecule has 1 aromatic heterocycles. The minimum Gasteiger partial charge on any atom is -0.376 e. The second-order valence-electron chi connectivity index (χ2n) is 6.15. The number of fused-ring (bicyclic) bond motifs is 1. The lowest BCUT2D eigenvalue weighted by Gasteiger charge is -2.10. The van der Waals surface area contributed by atoms with Crippen LogP contribution < -0.4 is 10.9 Å². The number of pyridine rings is 1. The summed E-state index contributed by atoms with van der Waals surface area (Å²) in [5.74, 6) is -0.0377. The number of H-pyrrole nitrogens is 1. The van der Waals surface area contributed by atoms with Crippen LogP contribution in [0.3, 0.4) is 0 Å². The molecule has 5 heteroatoms. The molecule has 1 aromatic carbocycles. The molecule has 2 aromatic rings. The zero-order valence-corrected chi connectivity index (χ0v) is 13.4. The van der Waals surface area contributed by atoms with E-state index in [0.717, 1.165) is 35.9 Å². The SMILES string of the molecule is Cc1ccc2[nH]c(=O)c(CCC(=O)NCC3CCCO3)cc2c1. The number of nitrogens with one attached hydrogen (secondary N) is 2. The standard InChI is InChI=1S/C18H22N2O3/c1-12-4-6-16-14(9-12)10-13(18(22)20-16)5-7-17(21)19-11-15-3-2-8-23-15/h4,6,9-10,15H,2-3,5,7-8,11H2,1H3,(H,19,21)(H,20,22). The number of aryl methyl sites for hydroxylation is 2. The van der Waals surface area contributed by atoms with Crippen LogP contribution >= 0.6 is 0 Å². The zero-order chi connectivity index (χ0) is 16.2. The normalized spacial score (nSPS) is 17.5. The fourth-order valence-corrected chi connectivity index (χ4v) is 2.93. The van der Waals surface area contributed by atoms with E-state index in [1.807, 2.05) is 31.2 Å². The summed E-state index contributed by atoms with van der Waals surface area (Å²) in [5.41, 5.74) is 2.50. The molecule has 1 aliphatic heterocycles.